The molecule has 0 saturated carbocycles. The van der Waals surface area contributed by atoms with Crippen LogP contribution < -0.4 is 4.90 Å². The van der Waals surface area contributed by atoms with Gasteiger partial charge in [-0.1, -0.05) is 35.3 Å². The standard InChI is InChI=1S/C26H20Cl2N4O4S/c1-30-25(36)32(20-8-18(27)7-19(28)9-20)24(35)26(30)14-31(11-21-6-17(13-37-21)23(33)34)12-22(26)16-4-2-15(10-29)3-5-16/h2-9,13,22H,11-12,14H2,1H3,(H,33,34)/t22-,26?/m0/s1. The minimum Gasteiger partial charge on any atom is -0.478 e. The molecule has 2 saturated heterocycles. The number of imide groups is 1. The van der Waals surface area contributed by atoms with E-state index in [1.165, 1.54) is 34.4 Å². The second kappa shape index (κ2) is 9.47. The Morgan fingerprint density at radius 1 is 1.16 bits per heavy atom. The van der Waals surface area contributed by atoms with Crippen LogP contribution in [0.1, 0.15) is 32.3 Å². The molecule has 5 rings (SSSR count). The SMILES string of the molecule is CN1C(=O)N(c2cc(Cl)cc(Cl)c2)C(=O)C12CN(Cc1cc(C(=O)O)cs1)C[C@H]2c1ccc(C#N)cc1. The number of thiophene rings is 1. The van der Waals surface area contributed by atoms with Crippen molar-refractivity contribution in [1.82, 2.24) is 9.80 Å². The zero-order valence-electron chi connectivity index (χ0n) is 19.5. The molecule has 37 heavy (non-hydrogen) atoms. The van der Waals surface area contributed by atoms with Crippen molar-refractivity contribution in [2.75, 3.05) is 25.0 Å². The number of urea groups is 1. The summed E-state index contributed by atoms with van der Waals surface area (Å²) in [4.78, 5) is 44.6. The minimum atomic E-state index is -1.23. The third-order valence-corrected chi connectivity index (χ3v) is 8.32. The zero-order chi connectivity index (χ0) is 26.5. The van der Waals surface area contributed by atoms with E-state index in [0.29, 0.717) is 28.7 Å². The monoisotopic (exact) mass is 554 g/mol. The van der Waals surface area contributed by atoms with Crippen molar-refractivity contribution in [1.29, 1.82) is 5.26 Å². The molecular formula is C26H20Cl2N4O4S. The summed E-state index contributed by atoms with van der Waals surface area (Å²) in [6, 6.07) is 14.8. The molecule has 2 aromatic carbocycles. The number of carboxylic acids is 1. The van der Waals surface area contributed by atoms with E-state index in [0.717, 1.165) is 15.3 Å². The van der Waals surface area contributed by atoms with Crippen molar-refractivity contribution in [2.45, 2.75) is 18.0 Å². The van der Waals surface area contributed by atoms with Crippen LogP contribution in [0.3, 0.4) is 0 Å². The highest BCUT2D eigenvalue weighted by Gasteiger charge is 2.64. The van der Waals surface area contributed by atoms with E-state index in [1.54, 1.807) is 30.6 Å². The molecule has 0 radical (unpaired) electrons. The van der Waals surface area contributed by atoms with Gasteiger partial charge in [-0.15, -0.1) is 11.3 Å². The molecule has 1 unspecified atom stereocenters. The maximum absolute atomic E-state index is 14.2. The van der Waals surface area contributed by atoms with Gasteiger partial charge < -0.3 is 10.0 Å². The van der Waals surface area contributed by atoms with Crippen LogP contribution in [-0.4, -0.2) is 58.5 Å². The van der Waals surface area contributed by atoms with Crippen LogP contribution in [0.4, 0.5) is 10.5 Å². The molecule has 2 aliphatic rings. The van der Waals surface area contributed by atoms with E-state index in [-0.39, 0.29) is 17.8 Å². The van der Waals surface area contributed by atoms with Crippen molar-refractivity contribution >= 4 is 58.1 Å². The van der Waals surface area contributed by atoms with Gasteiger partial charge in [-0.2, -0.15) is 5.26 Å². The molecule has 0 bridgehead atoms. The van der Waals surface area contributed by atoms with Gasteiger partial charge in [0.2, 0.25) is 0 Å². The summed E-state index contributed by atoms with van der Waals surface area (Å²) in [5.41, 5.74) is 0.582. The Morgan fingerprint density at radius 2 is 1.84 bits per heavy atom. The van der Waals surface area contributed by atoms with Gasteiger partial charge in [0.25, 0.3) is 5.91 Å². The number of aromatic carboxylic acids is 1. The Hall–Kier alpha value is -3.42. The number of halogens is 2. The second-order valence-corrected chi connectivity index (χ2v) is 11.0. The lowest BCUT2D eigenvalue weighted by atomic mass is 9.80. The number of carboxylic acid groups (broad SMARTS) is 1. The predicted molar refractivity (Wildman–Crippen MR) is 140 cm³/mol. The third kappa shape index (κ3) is 4.26. The number of nitriles is 1. The Kier molecular flexibility index (Phi) is 6.46. The first kappa shape index (κ1) is 25.2. The topological polar surface area (TPSA) is 105 Å². The number of anilines is 1. The first-order valence-corrected chi connectivity index (χ1v) is 12.9. The number of nitrogens with zero attached hydrogens (tertiary/aromatic N) is 4. The molecule has 188 valence electrons. The number of likely N-dealkylation sites (N-methyl/N-ethyl adjacent to an activating group) is 1. The minimum absolute atomic E-state index is 0.214. The number of likely N-dealkylation sites (tertiary alicyclic amines) is 1. The zero-order valence-corrected chi connectivity index (χ0v) is 21.8. The maximum atomic E-state index is 14.2. The molecule has 1 aromatic heterocycles. The molecule has 3 aromatic rings. The third-order valence-electron chi connectivity index (χ3n) is 6.96. The molecule has 1 spiro atoms. The van der Waals surface area contributed by atoms with Crippen molar-refractivity contribution in [3.63, 3.8) is 0 Å². The number of benzene rings is 2. The summed E-state index contributed by atoms with van der Waals surface area (Å²) in [5.74, 6) is -1.80. The van der Waals surface area contributed by atoms with Gasteiger partial charge in [-0.25, -0.2) is 14.5 Å². The first-order chi connectivity index (χ1) is 17.6. The van der Waals surface area contributed by atoms with E-state index in [4.69, 9.17) is 23.2 Å². The highest BCUT2D eigenvalue weighted by atomic mass is 35.5. The van der Waals surface area contributed by atoms with Crippen molar-refractivity contribution in [3.05, 3.63) is 85.5 Å². The smallest absolute Gasteiger partial charge is 0.336 e. The summed E-state index contributed by atoms with van der Waals surface area (Å²) in [5, 5.41) is 20.7. The van der Waals surface area contributed by atoms with Gasteiger partial charge >= 0.3 is 12.0 Å². The molecule has 0 aliphatic carbocycles. The molecule has 2 atom stereocenters. The molecule has 3 amide bonds. The van der Waals surface area contributed by atoms with Gasteiger partial charge in [0.05, 0.1) is 22.9 Å². The number of rotatable bonds is 5. The summed E-state index contributed by atoms with van der Waals surface area (Å²) in [7, 11) is 1.61. The van der Waals surface area contributed by atoms with Crippen LogP contribution in [0.25, 0.3) is 0 Å². The fourth-order valence-electron chi connectivity index (χ4n) is 5.21. The van der Waals surface area contributed by atoms with E-state index >= 15 is 0 Å². The van der Waals surface area contributed by atoms with Crippen LogP contribution >= 0.6 is 34.5 Å². The molecule has 11 heteroatoms. The van der Waals surface area contributed by atoms with Crippen molar-refractivity contribution in [3.8, 4) is 6.07 Å². The van der Waals surface area contributed by atoms with Crippen molar-refractivity contribution in [2.24, 2.45) is 0 Å². The lowest BCUT2D eigenvalue weighted by Gasteiger charge is -2.34. The van der Waals surface area contributed by atoms with Gasteiger partial charge in [-0.3, -0.25) is 9.69 Å². The highest BCUT2D eigenvalue weighted by Crippen LogP contribution is 2.47. The number of amides is 3. The van der Waals surface area contributed by atoms with Gasteiger partial charge in [0, 0.05) is 52.9 Å². The van der Waals surface area contributed by atoms with Gasteiger partial charge in [-0.05, 0) is 42.0 Å². The Morgan fingerprint density at radius 3 is 2.43 bits per heavy atom. The quantitative estimate of drug-likeness (QED) is 0.442. The van der Waals surface area contributed by atoms with Crippen LogP contribution in [0.5, 0.6) is 0 Å². The largest absolute Gasteiger partial charge is 0.478 e. The Bertz CT molecular complexity index is 1450. The van der Waals surface area contributed by atoms with E-state index in [1.807, 2.05) is 12.1 Å². The predicted octanol–water partition coefficient (Wildman–Crippen LogP) is 5.06. The molecule has 8 nitrogen and oxygen atoms in total. The highest BCUT2D eigenvalue weighted by molar-refractivity contribution is 7.10. The summed E-state index contributed by atoms with van der Waals surface area (Å²) in [6.45, 7) is 1.11. The van der Waals surface area contributed by atoms with Crippen LogP contribution in [0.2, 0.25) is 10.0 Å². The van der Waals surface area contributed by atoms with Crippen LogP contribution in [-0.2, 0) is 11.3 Å². The average molecular weight is 555 g/mol. The van der Waals surface area contributed by atoms with Crippen LogP contribution in [0, 0.1) is 11.3 Å². The molecular weight excluding hydrogens is 535 g/mol. The summed E-state index contributed by atoms with van der Waals surface area (Å²) >= 11 is 13.7. The fraction of sp³-hybridized carbons (Fsp3) is 0.231. The van der Waals surface area contributed by atoms with Crippen molar-refractivity contribution < 1.29 is 19.5 Å². The lowest BCUT2D eigenvalue weighted by Crippen LogP contribution is -2.53. The van der Waals surface area contributed by atoms with Gasteiger partial charge in [0.1, 0.15) is 5.54 Å². The Balaban J connectivity index is 1.56. The molecule has 1 N–H and O–H groups in total. The first-order valence-electron chi connectivity index (χ1n) is 11.3. The fourth-order valence-corrected chi connectivity index (χ4v) is 6.62. The average Bonchev–Trinajstić information content (AvgIpc) is 3.53. The molecule has 2 fully saturated rings. The van der Waals surface area contributed by atoms with E-state index < -0.39 is 29.4 Å². The summed E-state index contributed by atoms with van der Waals surface area (Å²) in [6.07, 6.45) is 0. The summed E-state index contributed by atoms with van der Waals surface area (Å²) < 4.78 is 0. The maximum Gasteiger partial charge on any atom is 0.336 e. The number of carbonyl (C=O) groups excluding carboxylic acids is 2. The van der Waals surface area contributed by atoms with Crippen LogP contribution in [0.15, 0.2) is 53.9 Å². The van der Waals surface area contributed by atoms with Gasteiger partial charge in [0.15, 0.2) is 0 Å². The van der Waals surface area contributed by atoms with E-state index in [9.17, 15) is 24.8 Å². The Labute approximate surface area is 226 Å². The number of hydrogen-bond acceptors (Lipinski definition) is 6. The normalized spacial score (nSPS) is 21.7. The molecule has 3 heterocycles. The van der Waals surface area contributed by atoms with E-state index in [2.05, 4.69) is 11.0 Å². The second-order valence-electron chi connectivity index (χ2n) is 9.10. The molecule has 2 aliphatic heterocycles. The lowest BCUT2D eigenvalue weighted by molar-refractivity contribution is -0.124. The number of carbonyl (C=O) groups is 3. The number of hydrogen-bond donors (Lipinski definition) is 1.